The van der Waals surface area contributed by atoms with E-state index < -0.39 is 17.7 Å². The molecule has 36 heavy (non-hydrogen) atoms. The lowest BCUT2D eigenvalue weighted by Gasteiger charge is -2.26. The van der Waals surface area contributed by atoms with E-state index in [0.29, 0.717) is 35.1 Å². The molecule has 1 saturated heterocycles. The van der Waals surface area contributed by atoms with Crippen molar-refractivity contribution in [2.24, 2.45) is 5.92 Å². The number of carbonyl (C=O) groups is 2. The number of aryl methyl sites for hydroxylation is 2. The lowest BCUT2D eigenvalue weighted by Crippen LogP contribution is -2.29. The van der Waals surface area contributed by atoms with E-state index >= 15 is 0 Å². The molecular formula is C30H28N2O4. The molecule has 3 aromatic rings. The van der Waals surface area contributed by atoms with Gasteiger partial charge in [0.25, 0.3) is 11.7 Å². The maximum absolute atomic E-state index is 13.4. The van der Waals surface area contributed by atoms with Crippen molar-refractivity contribution < 1.29 is 19.4 Å². The van der Waals surface area contributed by atoms with Crippen LogP contribution in [0.4, 0.5) is 5.69 Å². The highest BCUT2D eigenvalue weighted by Gasteiger charge is 2.47. The van der Waals surface area contributed by atoms with E-state index in [2.05, 4.69) is 19.9 Å². The Morgan fingerprint density at radius 3 is 2.33 bits per heavy atom. The number of ether oxygens (including phenoxy) is 1. The molecule has 1 unspecified atom stereocenters. The Balaban J connectivity index is 1.86. The normalized spacial score (nSPS) is 16.9. The second-order valence-electron chi connectivity index (χ2n) is 9.37. The summed E-state index contributed by atoms with van der Waals surface area (Å²) in [7, 11) is 0. The summed E-state index contributed by atoms with van der Waals surface area (Å²) in [5.41, 5.74) is 3.79. The van der Waals surface area contributed by atoms with Crippen LogP contribution in [0.2, 0.25) is 0 Å². The van der Waals surface area contributed by atoms with Gasteiger partial charge in [-0.15, -0.1) is 0 Å². The van der Waals surface area contributed by atoms with Crippen molar-refractivity contribution in [1.82, 2.24) is 0 Å². The highest BCUT2D eigenvalue weighted by atomic mass is 16.5. The molecule has 0 bridgehead atoms. The number of nitrogens with zero attached hydrogens (tertiary/aromatic N) is 2. The standard InChI is InChI=1S/C30H28N2O4/c1-18(2)17-36-25-14-11-22(15-20(25)4)28(33)26-27(24-8-6-5-7-19(24)3)32(30(35)29(26)34)23-12-9-21(16-31)10-13-23/h5-15,18,27,33H,17H2,1-4H3/b28-26+. The number of hydrogen-bond donors (Lipinski definition) is 1. The minimum atomic E-state index is -0.823. The molecule has 182 valence electrons. The maximum Gasteiger partial charge on any atom is 0.300 e. The Labute approximate surface area is 211 Å². The first-order valence-electron chi connectivity index (χ1n) is 11.8. The summed E-state index contributed by atoms with van der Waals surface area (Å²) in [6.45, 7) is 8.47. The van der Waals surface area contributed by atoms with E-state index in [-0.39, 0.29) is 11.3 Å². The number of hydrogen-bond acceptors (Lipinski definition) is 5. The van der Waals surface area contributed by atoms with Crippen LogP contribution in [0, 0.1) is 31.1 Å². The van der Waals surface area contributed by atoms with Gasteiger partial charge >= 0.3 is 0 Å². The number of aliphatic hydroxyl groups excluding tert-OH is 1. The fraction of sp³-hybridized carbons (Fsp3) is 0.233. The van der Waals surface area contributed by atoms with Gasteiger partial charge in [0, 0.05) is 11.3 Å². The molecule has 0 radical (unpaired) electrons. The van der Waals surface area contributed by atoms with Crippen molar-refractivity contribution in [3.8, 4) is 11.8 Å². The SMILES string of the molecule is Cc1cc(/C(O)=C2\C(=O)C(=O)N(c3ccc(C#N)cc3)C2c2ccccc2C)ccc1OCC(C)C. The first kappa shape index (κ1) is 24.7. The molecule has 1 heterocycles. The van der Waals surface area contributed by atoms with Gasteiger partial charge in [-0.05, 0) is 78.9 Å². The Hall–Kier alpha value is -4.37. The van der Waals surface area contributed by atoms with Gasteiger partial charge in [-0.25, -0.2) is 0 Å². The Kier molecular flexibility index (Phi) is 6.93. The van der Waals surface area contributed by atoms with Gasteiger partial charge in [0.2, 0.25) is 0 Å². The van der Waals surface area contributed by atoms with Gasteiger partial charge in [-0.3, -0.25) is 14.5 Å². The number of carbonyl (C=O) groups excluding carboxylic acids is 2. The van der Waals surface area contributed by atoms with Crippen molar-refractivity contribution in [3.05, 3.63) is 100 Å². The Morgan fingerprint density at radius 1 is 1.03 bits per heavy atom. The van der Waals surface area contributed by atoms with Crippen LogP contribution in [-0.2, 0) is 9.59 Å². The van der Waals surface area contributed by atoms with Crippen molar-refractivity contribution in [2.75, 3.05) is 11.5 Å². The van der Waals surface area contributed by atoms with Gasteiger partial charge in [-0.1, -0.05) is 38.1 Å². The summed E-state index contributed by atoms with van der Waals surface area (Å²) in [6.07, 6.45) is 0. The van der Waals surface area contributed by atoms with Crippen molar-refractivity contribution in [3.63, 3.8) is 0 Å². The van der Waals surface area contributed by atoms with Crippen LogP contribution in [0.5, 0.6) is 5.75 Å². The molecule has 1 fully saturated rings. The van der Waals surface area contributed by atoms with Crippen molar-refractivity contribution in [1.29, 1.82) is 5.26 Å². The number of Topliss-reactive ketones (excluding diaryl/α,β-unsaturated/α-hetero) is 1. The second kappa shape index (κ2) is 10.1. The van der Waals surface area contributed by atoms with Gasteiger partial charge in [-0.2, -0.15) is 5.26 Å². The Bertz CT molecular complexity index is 1400. The molecule has 0 aromatic heterocycles. The minimum absolute atomic E-state index is 0.0221. The Morgan fingerprint density at radius 2 is 1.72 bits per heavy atom. The van der Waals surface area contributed by atoms with Gasteiger partial charge < -0.3 is 9.84 Å². The van der Waals surface area contributed by atoms with E-state index in [1.54, 1.807) is 42.5 Å². The van der Waals surface area contributed by atoms with E-state index in [0.717, 1.165) is 16.7 Å². The maximum atomic E-state index is 13.4. The quantitative estimate of drug-likeness (QED) is 0.272. The molecule has 0 saturated carbocycles. The van der Waals surface area contributed by atoms with Crippen molar-refractivity contribution >= 4 is 23.1 Å². The zero-order valence-electron chi connectivity index (χ0n) is 20.8. The minimum Gasteiger partial charge on any atom is -0.507 e. The third-order valence-electron chi connectivity index (χ3n) is 6.22. The number of benzene rings is 3. The summed E-state index contributed by atoms with van der Waals surface area (Å²) in [5, 5.41) is 20.6. The summed E-state index contributed by atoms with van der Waals surface area (Å²) in [4.78, 5) is 28.1. The van der Waals surface area contributed by atoms with Crippen LogP contribution >= 0.6 is 0 Å². The van der Waals surface area contributed by atoms with Crippen LogP contribution in [0.25, 0.3) is 5.76 Å². The van der Waals surface area contributed by atoms with E-state index in [1.807, 2.05) is 38.1 Å². The predicted molar refractivity (Wildman–Crippen MR) is 139 cm³/mol. The highest BCUT2D eigenvalue weighted by Crippen LogP contribution is 2.43. The first-order chi connectivity index (χ1) is 17.2. The van der Waals surface area contributed by atoms with Crippen LogP contribution in [0.3, 0.4) is 0 Å². The fourth-order valence-corrected chi connectivity index (χ4v) is 4.35. The molecule has 6 heteroatoms. The molecule has 6 nitrogen and oxygen atoms in total. The number of amides is 1. The number of anilines is 1. The first-order valence-corrected chi connectivity index (χ1v) is 11.8. The number of ketones is 1. The number of rotatable bonds is 6. The number of aliphatic hydroxyl groups is 1. The zero-order valence-corrected chi connectivity index (χ0v) is 20.8. The van der Waals surface area contributed by atoms with E-state index in [9.17, 15) is 14.7 Å². The van der Waals surface area contributed by atoms with Crippen LogP contribution < -0.4 is 9.64 Å². The topological polar surface area (TPSA) is 90.6 Å². The fourth-order valence-electron chi connectivity index (χ4n) is 4.35. The summed E-state index contributed by atoms with van der Waals surface area (Å²) >= 11 is 0. The van der Waals surface area contributed by atoms with E-state index in [1.165, 1.54) is 4.90 Å². The smallest absolute Gasteiger partial charge is 0.300 e. The second-order valence-corrected chi connectivity index (χ2v) is 9.37. The molecule has 0 spiro atoms. The monoisotopic (exact) mass is 480 g/mol. The lowest BCUT2D eigenvalue weighted by atomic mass is 9.92. The third kappa shape index (κ3) is 4.60. The van der Waals surface area contributed by atoms with Crippen LogP contribution in [0.1, 0.15) is 47.7 Å². The van der Waals surface area contributed by atoms with Crippen molar-refractivity contribution in [2.45, 2.75) is 33.7 Å². The highest BCUT2D eigenvalue weighted by molar-refractivity contribution is 6.51. The molecule has 1 amide bonds. The summed E-state index contributed by atoms with van der Waals surface area (Å²) < 4.78 is 5.85. The third-order valence-corrected chi connectivity index (χ3v) is 6.22. The predicted octanol–water partition coefficient (Wildman–Crippen LogP) is 5.84. The van der Waals surface area contributed by atoms with Gasteiger partial charge in [0.1, 0.15) is 11.5 Å². The molecule has 4 rings (SSSR count). The van der Waals surface area contributed by atoms with Gasteiger partial charge in [0.05, 0.1) is 29.9 Å². The van der Waals surface area contributed by atoms with Crippen LogP contribution in [0.15, 0.2) is 72.3 Å². The molecule has 0 aliphatic carbocycles. The van der Waals surface area contributed by atoms with E-state index in [4.69, 9.17) is 10.00 Å². The molecule has 1 atom stereocenters. The van der Waals surface area contributed by atoms with Crippen LogP contribution in [-0.4, -0.2) is 23.4 Å². The zero-order chi connectivity index (χ0) is 26.0. The average molecular weight is 481 g/mol. The molecule has 1 aliphatic heterocycles. The largest absolute Gasteiger partial charge is 0.507 e. The lowest BCUT2D eigenvalue weighted by molar-refractivity contribution is -0.132. The molecule has 1 aliphatic rings. The molecule has 3 aromatic carbocycles. The average Bonchev–Trinajstić information content (AvgIpc) is 3.13. The van der Waals surface area contributed by atoms with Gasteiger partial charge in [0.15, 0.2) is 0 Å². The number of nitriles is 1. The summed E-state index contributed by atoms with van der Waals surface area (Å²) in [6, 6.07) is 20.4. The molecular weight excluding hydrogens is 452 g/mol. The summed E-state index contributed by atoms with van der Waals surface area (Å²) in [5.74, 6) is -0.666. The molecule has 1 N–H and O–H groups in total.